The first-order chi connectivity index (χ1) is 8.89. The lowest BCUT2D eigenvalue weighted by Crippen LogP contribution is -2.02. The fourth-order valence-corrected chi connectivity index (χ4v) is 2.90. The van der Waals surface area contributed by atoms with Gasteiger partial charge in [-0.15, -0.1) is 0 Å². The number of halogens is 1. The van der Waals surface area contributed by atoms with Gasteiger partial charge in [-0.1, -0.05) is 51.5 Å². The number of unbranched alkanes of at least 4 members (excludes halogenated alkanes) is 1. The minimum atomic E-state index is 0.00928. The Balaban J connectivity index is 2.15. The number of hydrogen-bond acceptors (Lipinski definition) is 0. The first-order valence-corrected chi connectivity index (χ1v) is 7.35. The number of hydrogen-bond donors (Lipinski definition) is 0. The average Bonchev–Trinajstić information content (AvgIpc) is 2.84. The van der Waals surface area contributed by atoms with Crippen molar-refractivity contribution < 1.29 is 4.39 Å². The minimum absolute atomic E-state index is 0.00928. The van der Waals surface area contributed by atoms with Gasteiger partial charge in [0, 0.05) is 0 Å². The highest BCUT2D eigenvalue weighted by Crippen LogP contribution is 2.58. The summed E-state index contributed by atoms with van der Waals surface area (Å²) in [6.45, 7) is 12.6. The largest absolute Gasteiger partial charge is 0.206 e. The molecule has 1 fully saturated rings. The molecule has 1 heteroatoms. The maximum atomic E-state index is 14.3. The van der Waals surface area contributed by atoms with Crippen LogP contribution in [-0.2, 0) is 12.8 Å². The fraction of sp³-hybridized carbons (Fsp3) is 0.556. The maximum Gasteiger partial charge on any atom is 0.129 e. The summed E-state index contributed by atoms with van der Waals surface area (Å²) in [5, 5.41) is 0. The summed E-state index contributed by atoms with van der Waals surface area (Å²) in [6, 6.07) is 4.09. The standard InChI is InChI=1S/C18H25F/c1-6-7-8-14-9-10-15(12(2)17(14)19)11-16-13(3)18(16,4)5/h9-10,16H,3,6-8,11H2,1-2,4-5H3. The number of benzene rings is 1. The molecule has 104 valence electrons. The molecule has 0 amide bonds. The highest BCUT2D eigenvalue weighted by atomic mass is 19.1. The van der Waals surface area contributed by atoms with E-state index in [-0.39, 0.29) is 11.2 Å². The molecule has 19 heavy (non-hydrogen) atoms. The molecule has 1 atom stereocenters. The van der Waals surface area contributed by atoms with Crippen molar-refractivity contribution in [2.75, 3.05) is 0 Å². The molecule has 0 nitrogen and oxygen atoms in total. The Labute approximate surface area is 116 Å². The van der Waals surface area contributed by atoms with E-state index in [2.05, 4.69) is 33.4 Å². The van der Waals surface area contributed by atoms with Gasteiger partial charge in [0.05, 0.1) is 0 Å². The van der Waals surface area contributed by atoms with Crippen molar-refractivity contribution in [1.29, 1.82) is 0 Å². The molecular weight excluding hydrogens is 235 g/mol. The normalized spacial score (nSPS) is 20.7. The summed E-state index contributed by atoms with van der Waals surface area (Å²) in [5.41, 5.74) is 4.40. The Morgan fingerprint density at radius 1 is 1.26 bits per heavy atom. The lowest BCUT2D eigenvalue weighted by Gasteiger charge is -2.11. The van der Waals surface area contributed by atoms with Crippen molar-refractivity contribution in [3.63, 3.8) is 0 Å². The molecule has 0 bridgehead atoms. The van der Waals surface area contributed by atoms with E-state index in [1.54, 1.807) is 0 Å². The van der Waals surface area contributed by atoms with Gasteiger partial charge in [0.25, 0.3) is 0 Å². The minimum Gasteiger partial charge on any atom is -0.206 e. The molecule has 1 aromatic rings. The van der Waals surface area contributed by atoms with Gasteiger partial charge >= 0.3 is 0 Å². The summed E-state index contributed by atoms with van der Waals surface area (Å²) < 4.78 is 14.3. The molecule has 1 unspecified atom stereocenters. The SMILES string of the molecule is C=C1C(Cc2ccc(CCCC)c(F)c2C)C1(C)C. The molecule has 1 aliphatic carbocycles. The van der Waals surface area contributed by atoms with E-state index in [0.717, 1.165) is 42.4 Å². The van der Waals surface area contributed by atoms with Crippen LogP contribution in [0.4, 0.5) is 4.39 Å². The monoisotopic (exact) mass is 260 g/mol. The Morgan fingerprint density at radius 2 is 1.84 bits per heavy atom. The zero-order valence-corrected chi connectivity index (χ0v) is 12.6. The molecule has 0 spiro atoms. The van der Waals surface area contributed by atoms with Crippen LogP contribution in [0, 0.1) is 24.1 Å². The Bertz CT molecular complexity index is 497. The molecule has 0 radical (unpaired) electrons. The van der Waals surface area contributed by atoms with E-state index in [4.69, 9.17) is 0 Å². The van der Waals surface area contributed by atoms with Gasteiger partial charge in [-0.2, -0.15) is 0 Å². The van der Waals surface area contributed by atoms with Crippen molar-refractivity contribution in [2.24, 2.45) is 11.3 Å². The summed E-state index contributed by atoms with van der Waals surface area (Å²) in [6.07, 6.45) is 3.95. The van der Waals surface area contributed by atoms with E-state index < -0.39 is 0 Å². The third-order valence-corrected chi connectivity index (χ3v) is 4.84. The van der Waals surface area contributed by atoms with Crippen molar-refractivity contribution in [1.82, 2.24) is 0 Å². The lowest BCUT2D eigenvalue weighted by atomic mass is 9.95. The van der Waals surface area contributed by atoms with Crippen LogP contribution in [-0.4, -0.2) is 0 Å². The van der Waals surface area contributed by atoms with E-state index in [1.165, 1.54) is 5.57 Å². The van der Waals surface area contributed by atoms with E-state index >= 15 is 0 Å². The molecule has 0 N–H and O–H groups in total. The van der Waals surface area contributed by atoms with Crippen molar-refractivity contribution in [3.05, 3.63) is 46.8 Å². The van der Waals surface area contributed by atoms with Gasteiger partial charge in [-0.25, -0.2) is 4.39 Å². The number of allylic oxidation sites excluding steroid dienone is 1. The summed E-state index contributed by atoms with van der Waals surface area (Å²) >= 11 is 0. The smallest absolute Gasteiger partial charge is 0.129 e. The first-order valence-electron chi connectivity index (χ1n) is 7.35. The van der Waals surface area contributed by atoms with Crippen molar-refractivity contribution >= 4 is 0 Å². The van der Waals surface area contributed by atoms with Crippen molar-refractivity contribution in [2.45, 2.75) is 53.4 Å². The molecular formula is C18H25F. The quantitative estimate of drug-likeness (QED) is 0.636. The molecule has 1 saturated carbocycles. The predicted octanol–water partition coefficient (Wildman–Crippen LogP) is 5.23. The van der Waals surface area contributed by atoms with Crippen LogP contribution >= 0.6 is 0 Å². The second-order valence-corrected chi connectivity index (χ2v) is 6.43. The van der Waals surface area contributed by atoms with Crippen LogP contribution < -0.4 is 0 Å². The summed E-state index contributed by atoms with van der Waals surface area (Å²) in [4.78, 5) is 0. The van der Waals surface area contributed by atoms with Gasteiger partial charge in [0.1, 0.15) is 5.82 Å². The Hall–Kier alpha value is -1.11. The zero-order chi connectivity index (χ0) is 14.2. The molecule has 0 saturated heterocycles. The zero-order valence-electron chi connectivity index (χ0n) is 12.6. The topological polar surface area (TPSA) is 0 Å². The number of aryl methyl sites for hydroxylation is 1. The highest BCUT2D eigenvalue weighted by molar-refractivity contribution is 5.39. The van der Waals surface area contributed by atoms with Gasteiger partial charge < -0.3 is 0 Å². The Kier molecular flexibility index (Phi) is 3.85. The van der Waals surface area contributed by atoms with Gasteiger partial charge in [-0.05, 0) is 54.2 Å². The lowest BCUT2D eigenvalue weighted by molar-refractivity contribution is 0.554. The summed E-state index contributed by atoms with van der Waals surface area (Å²) in [7, 11) is 0. The van der Waals surface area contributed by atoms with Crippen LogP contribution in [0.15, 0.2) is 24.3 Å². The first kappa shape index (κ1) is 14.3. The molecule has 0 aliphatic heterocycles. The van der Waals surface area contributed by atoms with Gasteiger partial charge in [-0.3, -0.25) is 0 Å². The average molecular weight is 260 g/mol. The third kappa shape index (κ3) is 2.61. The van der Waals surface area contributed by atoms with Crippen LogP contribution in [0.2, 0.25) is 0 Å². The second-order valence-electron chi connectivity index (χ2n) is 6.43. The van der Waals surface area contributed by atoms with Gasteiger partial charge in [0.2, 0.25) is 0 Å². The molecule has 0 heterocycles. The van der Waals surface area contributed by atoms with E-state index in [0.29, 0.717) is 5.92 Å². The van der Waals surface area contributed by atoms with Crippen LogP contribution in [0.3, 0.4) is 0 Å². The maximum absolute atomic E-state index is 14.3. The molecule has 2 rings (SSSR count). The van der Waals surface area contributed by atoms with E-state index in [9.17, 15) is 4.39 Å². The van der Waals surface area contributed by atoms with Gasteiger partial charge in [0.15, 0.2) is 0 Å². The molecule has 1 aromatic carbocycles. The summed E-state index contributed by atoms with van der Waals surface area (Å²) in [5.74, 6) is 0.530. The Morgan fingerprint density at radius 3 is 2.37 bits per heavy atom. The second kappa shape index (κ2) is 5.11. The highest BCUT2D eigenvalue weighted by Gasteiger charge is 2.50. The third-order valence-electron chi connectivity index (χ3n) is 4.84. The predicted molar refractivity (Wildman–Crippen MR) is 79.9 cm³/mol. The van der Waals surface area contributed by atoms with Crippen LogP contribution in [0.1, 0.15) is 50.3 Å². The number of rotatable bonds is 5. The van der Waals surface area contributed by atoms with Crippen molar-refractivity contribution in [3.8, 4) is 0 Å². The molecule has 1 aliphatic rings. The van der Waals surface area contributed by atoms with Crippen LogP contribution in [0.5, 0.6) is 0 Å². The van der Waals surface area contributed by atoms with E-state index in [1.807, 2.05) is 13.0 Å². The molecule has 0 aromatic heterocycles. The van der Waals surface area contributed by atoms with Crippen LogP contribution in [0.25, 0.3) is 0 Å². The fourth-order valence-electron chi connectivity index (χ4n) is 2.90.